The second-order valence-electron chi connectivity index (χ2n) is 10.6. The average molecular weight is 525 g/mol. The van der Waals surface area contributed by atoms with Crippen LogP contribution >= 0.6 is 0 Å². The lowest BCUT2D eigenvalue weighted by Gasteiger charge is -2.15. The molecule has 39 heavy (non-hydrogen) atoms. The van der Waals surface area contributed by atoms with Crippen molar-refractivity contribution in [3.8, 4) is 22.5 Å². The number of aliphatic hydroxyl groups excluding tert-OH is 1. The Bertz CT molecular complexity index is 1570. The maximum atomic E-state index is 12.7. The molecule has 2 fully saturated rings. The van der Waals surface area contributed by atoms with Crippen LogP contribution in [-0.4, -0.2) is 62.6 Å². The summed E-state index contributed by atoms with van der Waals surface area (Å²) in [7, 11) is 1.83. The van der Waals surface area contributed by atoms with Crippen molar-refractivity contribution >= 4 is 23.1 Å². The Kier molecular flexibility index (Phi) is 6.52. The zero-order valence-corrected chi connectivity index (χ0v) is 22.1. The van der Waals surface area contributed by atoms with E-state index in [1.807, 2.05) is 67.0 Å². The lowest BCUT2D eigenvalue weighted by molar-refractivity contribution is -0.126. The second-order valence-corrected chi connectivity index (χ2v) is 10.6. The molecule has 0 radical (unpaired) electrons. The zero-order chi connectivity index (χ0) is 27.1. The van der Waals surface area contributed by atoms with Crippen LogP contribution in [0.3, 0.4) is 0 Å². The van der Waals surface area contributed by atoms with Gasteiger partial charge in [0.2, 0.25) is 5.91 Å². The molecular formula is C30H32N6O3. The van der Waals surface area contributed by atoms with Gasteiger partial charge in [0.25, 0.3) is 5.91 Å². The van der Waals surface area contributed by atoms with E-state index in [0.717, 1.165) is 46.5 Å². The summed E-state index contributed by atoms with van der Waals surface area (Å²) in [6.07, 6.45) is 4.40. The Morgan fingerprint density at radius 2 is 1.97 bits per heavy atom. The van der Waals surface area contributed by atoms with E-state index in [1.54, 1.807) is 11.1 Å². The molecule has 2 amide bonds. The highest BCUT2D eigenvalue weighted by Crippen LogP contribution is 2.31. The number of hydrogen-bond donors (Lipinski definition) is 3. The second kappa shape index (κ2) is 10.1. The van der Waals surface area contributed by atoms with Crippen LogP contribution in [0.5, 0.6) is 0 Å². The van der Waals surface area contributed by atoms with E-state index < -0.39 is 0 Å². The fourth-order valence-corrected chi connectivity index (χ4v) is 5.25. The maximum Gasteiger partial charge on any atom is 0.251 e. The number of nitrogens with zero attached hydrogens (tertiary/aromatic N) is 4. The fraction of sp³-hybridized carbons (Fsp3) is 0.333. The third-order valence-electron chi connectivity index (χ3n) is 7.61. The van der Waals surface area contributed by atoms with Crippen molar-refractivity contribution < 1.29 is 14.7 Å². The van der Waals surface area contributed by atoms with Gasteiger partial charge in [0.05, 0.1) is 29.9 Å². The molecule has 200 valence electrons. The average Bonchev–Trinajstić information content (AvgIpc) is 3.55. The topological polar surface area (TPSA) is 112 Å². The lowest BCUT2D eigenvalue weighted by Crippen LogP contribution is -2.26. The van der Waals surface area contributed by atoms with E-state index in [9.17, 15) is 14.7 Å². The SMILES string of the molecule is Cc1cc(-c2cnc3c(NCC4CC(=O)N(C)C4)cc(-c4ccccc4CO)nn23)ccc1C(=O)NC1CC1. The molecule has 1 unspecified atom stereocenters. The molecule has 9 heteroatoms. The van der Waals surface area contributed by atoms with Crippen molar-refractivity contribution in [1.29, 1.82) is 0 Å². The van der Waals surface area contributed by atoms with Gasteiger partial charge in [-0.2, -0.15) is 5.10 Å². The standard InChI is InChI=1S/C30H32N6O3/c1-18-11-20(7-10-23(18)30(39)33-22-8-9-22)27-15-32-29-26(31-14-19-12-28(38)35(2)16-19)13-25(34-36(27)29)24-6-4-3-5-21(24)17-37/h3-7,10-11,13,15,19,22,31,37H,8-9,12,14,16-17H2,1-2H3,(H,33,39). The number of carbonyl (C=O) groups is 2. The summed E-state index contributed by atoms with van der Waals surface area (Å²) in [6, 6.07) is 15.7. The molecule has 0 bridgehead atoms. The molecule has 1 aliphatic heterocycles. The summed E-state index contributed by atoms with van der Waals surface area (Å²) in [6.45, 7) is 3.18. The van der Waals surface area contributed by atoms with Gasteiger partial charge in [0.15, 0.2) is 5.65 Å². The van der Waals surface area contributed by atoms with Crippen molar-refractivity contribution in [1.82, 2.24) is 24.8 Å². The number of aliphatic hydroxyl groups is 1. The lowest BCUT2D eigenvalue weighted by atomic mass is 10.0. The van der Waals surface area contributed by atoms with Gasteiger partial charge in [-0.1, -0.05) is 30.3 Å². The number of nitrogens with one attached hydrogen (secondary N) is 2. The Morgan fingerprint density at radius 1 is 1.15 bits per heavy atom. The first-order valence-electron chi connectivity index (χ1n) is 13.4. The van der Waals surface area contributed by atoms with Crippen LogP contribution in [0.2, 0.25) is 0 Å². The number of carbonyl (C=O) groups excluding carboxylic acids is 2. The summed E-state index contributed by atoms with van der Waals surface area (Å²) in [5.41, 5.74) is 7.04. The number of imidazole rings is 1. The number of aryl methyl sites for hydroxylation is 1. The minimum atomic E-state index is -0.102. The largest absolute Gasteiger partial charge is 0.392 e. The monoisotopic (exact) mass is 524 g/mol. The first-order valence-corrected chi connectivity index (χ1v) is 13.4. The van der Waals surface area contributed by atoms with E-state index in [0.29, 0.717) is 42.5 Å². The maximum absolute atomic E-state index is 12.7. The predicted octanol–water partition coefficient (Wildman–Crippen LogP) is 3.65. The number of aromatic nitrogens is 3. The van der Waals surface area contributed by atoms with Gasteiger partial charge < -0.3 is 20.6 Å². The minimum absolute atomic E-state index is 0.0387. The van der Waals surface area contributed by atoms with Crippen molar-refractivity contribution in [3.05, 3.63) is 71.4 Å². The Hall–Kier alpha value is -4.24. The fourth-order valence-electron chi connectivity index (χ4n) is 5.25. The molecular weight excluding hydrogens is 492 g/mol. The minimum Gasteiger partial charge on any atom is -0.392 e. The summed E-state index contributed by atoms with van der Waals surface area (Å²) < 4.78 is 1.82. The number of anilines is 1. The van der Waals surface area contributed by atoms with E-state index in [-0.39, 0.29) is 24.3 Å². The third-order valence-corrected chi connectivity index (χ3v) is 7.61. The molecule has 2 aromatic carbocycles. The number of hydrogen-bond acceptors (Lipinski definition) is 6. The van der Waals surface area contributed by atoms with Crippen LogP contribution < -0.4 is 10.6 Å². The van der Waals surface area contributed by atoms with Gasteiger partial charge in [-0.05, 0) is 49.1 Å². The zero-order valence-electron chi connectivity index (χ0n) is 22.1. The molecule has 3 heterocycles. The highest BCUT2D eigenvalue weighted by molar-refractivity contribution is 5.96. The van der Waals surface area contributed by atoms with Gasteiger partial charge in [-0.15, -0.1) is 0 Å². The highest BCUT2D eigenvalue weighted by Gasteiger charge is 2.27. The van der Waals surface area contributed by atoms with Gasteiger partial charge >= 0.3 is 0 Å². The van der Waals surface area contributed by atoms with Crippen molar-refractivity contribution in [2.24, 2.45) is 5.92 Å². The molecule has 2 aromatic heterocycles. The number of fused-ring (bicyclic) bond motifs is 1. The molecule has 4 aromatic rings. The molecule has 1 saturated heterocycles. The Morgan fingerprint density at radius 3 is 2.69 bits per heavy atom. The smallest absolute Gasteiger partial charge is 0.251 e. The molecule has 1 atom stereocenters. The first-order chi connectivity index (χ1) is 18.9. The Labute approximate surface area is 226 Å². The molecule has 3 N–H and O–H groups in total. The molecule has 9 nitrogen and oxygen atoms in total. The molecule has 6 rings (SSSR count). The number of benzene rings is 2. The van der Waals surface area contributed by atoms with Crippen LogP contribution in [0, 0.1) is 12.8 Å². The molecule has 2 aliphatic rings. The summed E-state index contributed by atoms with van der Waals surface area (Å²) in [4.78, 5) is 31.2. The van der Waals surface area contributed by atoms with Crippen LogP contribution in [0.1, 0.15) is 40.7 Å². The van der Waals surface area contributed by atoms with E-state index in [1.165, 1.54) is 0 Å². The van der Waals surface area contributed by atoms with Gasteiger partial charge in [-0.3, -0.25) is 9.59 Å². The predicted molar refractivity (Wildman–Crippen MR) is 149 cm³/mol. The third kappa shape index (κ3) is 4.97. The van der Waals surface area contributed by atoms with Gasteiger partial charge in [0.1, 0.15) is 0 Å². The van der Waals surface area contributed by atoms with Gasteiger partial charge in [0, 0.05) is 55.2 Å². The van der Waals surface area contributed by atoms with Crippen molar-refractivity contribution in [2.45, 2.75) is 38.8 Å². The Balaban J connectivity index is 1.40. The highest BCUT2D eigenvalue weighted by atomic mass is 16.3. The van der Waals surface area contributed by atoms with Crippen LogP contribution in [-0.2, 0) is 11.4 Å². The van der Waals surface area contributed by atoms with E-state index in [4.69, 9.17) is 10.1 Å². The number of likely N-dealkylation sites (tertiary alicyclic amines) is 1. The summed E-state index contributed by atoms with van der Waals surface area (Å²) >= 11 is 0. The first kappa shape index (κ1) is 25.1. The number of amides is 2. The number of rotatable bonds is 8. The van der Waals surface area contributed by atoms with Crippen molar-refractivity contribution in [3.63, 3.8) is 0 Å². The summed E-state index contributed by atoms with van der Waals surface area (Å²) in [5.74, 6) is 0.325. The molecule has 1 aliphatic carbocycles. The van der Waals surface area contributed by atoms with E-state index >= 15 is 0 Å². The van der Waals surface area contributed by atoms with Crippen LogP contribution in [0.4, 0.5) is 5.69 Å². The van der Waals surface area contributed by atoms with E-state index in [2.05, 4.69) is 10.6 Å². The van der Waals surface area contributed by atoms with Gasteiger partial charge in [-0.25, -0.2) is 9.50 Å². The van der Waals surface area contributed by atoms with Crippen molar-refractivity contribution in [2.75, 3.05) is 25.5 Å². The quantitative estimate of drug-likeness (QED) is 0.325. The molecule has 0 spiro atoms. The summed E-state index contributed by atoms with van der Waals surface area (Å²) in [5, 5.41) is 21.5. The molecule has 1 saturated carbocycles. The normalized spacial score (nSPS) is 17.2. The van der Waals surface area contributed by atoms with Crippen LogP contribution in [0.15, 0.2) is 54.7 Å². The van der Waals surface area contributed by atoms with Crippen LogP contribution in [0.25, 0.3) is 28.2 Å².